The quantitative estimate of drug-likeness (QED) is 0.857. The molecular weight excluding hydrogens is 266 g/mol. The Kier molecular flexibility index (Phi) is 3.96. The number of fused-ring (bicyclic) bond motifs is 1. The lowest BCUT2D eigenvalue weighted by molar-refractivity contribution is 0.0928. The third kappa shape index (κ3) is 3.11. The van der Waals surface area contributed by atoms with E-state index in [9.17, 15) is 4.79 Å². The summed E-state index contributed by atoms with van der Waals surface area (Å²) in [4.78, 5) is 12.2. The van der Waals surface area contributed by atoms with Crippen molar-refractivity contribution in [3.63, 3.8) is 0 Å². The van der Waals surface area contributed by atoms with Crippen molar-refractivity contribution in [3.8, 4) is 0 Å². The summed E-state index contributed by atoms with van der Waals surface area (Å²) in [5.41, 5.74) is 8.51. The predicted octanol–water partition coefficient (Wildman–Crippen LogP) is 0.524. The van der Waals surface area contributed by atoms with Crippen LogP contribution in [0.5, 0.6) is 0 Å². The highest BCUT2D eigenvalue weighted by atomic mass is 16.2. The average molecular weight is 285 g/mol. The first-order valence-corrected chi connectivity index (χ1v) is 7.24. The minimum atomic E-state index is -0.164. The van der Waals surface area contributed by atoms with Gasteiger partial charge >= 0.3 is 0 Å². The highest BCUT2D eigenvalue weighted by molar-refractivity contribution is 5.92. The van der Waals surface area contributed by atoms with Crippen LogP contribution in [-0.4, -0.2) is 33.5 Å². The molecule has 0 saturated carbocycles. The molecule has 110 valence electrons. The number of benzene rings is 1. The molecule has 1 amide bonds. The molecule has 6 heteroatoms. The van der Waals surface area contributed by atoms with Crippen molar-refractivity contribution in [3.05, 3.63) is 47.3 Å². The van der Waals surface area contributed by atoms with Gasteiger partial charge in [-0.25, -0.2) is 0 Å². The van der Waals surface area contributed by atoms with Crippen molar-refractivity contribution in [1.82, 2.24) is 20.3 Å². The third-order valence-corrected chi connectivity index (χ3v) is 3.81. The van der Waals surface area contributed by atoms with Crippen LogP contribution in [0.25, 0.3) is 0 Å². The molecule has 3 N–H and O–H groups in total. The van der Waals surface area contributed by atoms with Gasteiger partial charge in [-0.15, -0.1) is 5.10 Å². The van der Waals surface area contributed by atoms with Crippen LogP contribution < -0.4 is 11.1 Å². The lowest BCUT2D eigenvalue weighted by atomic mass is 9.88. The number of carbonyl (C=O) groups excluding carboxylic acids is 1. The van der Waals surface area contributed by atoms with Crippen LogP contribution in [0.3, 0.4) is 0 Å². The Labute approximate surface area is 123 Å². The van der Waals surface area contributed by atoms with Gasteiger partial charge < -0.3 is 11.1 Å². The van der Waals surface area contributed by atoms with Gasteiger partial charge in [-0.1, -0.05) is 29.5 Å². The second kappa shape index (κ2) is 6.05. The van der Waals surface area contributed by atoms with Gasteiger partial charge in [0.15, 0.2) is 5.69 Å². The van der Waals surface area contributed by atoms with Gasteiger partial charge in [0.2, 0.25) is 0 Å². The minimum absolute atomic E-state index is 0.159. The Morgan fingerprint density at radius 1 is 1.38 bits per heavy atom. The first kappa shape index (κ1) is 13.8. The van der Waals surface area contributed by atoms with E-state index in [1.807, 2.05) is 6.07 Å². The molecule has 0 aliphatic heterocycles. The largest absolute Gasteiger partial charge is 0.348 e. The number of carbonyl (C=O) groups is 1. The van der Waals surface area contributed by atoms with Gasteiger partial charge in [-0.3, -0.25) is 9.48 Å². The second-order valence-corrected chi connectivity index (χ2v) is 5.34. The van der Waals surface area contributed by atoms with E-state index in [4.69, 9.17) is 5.73 Å². The number of nitrogens with two attached hydrogens (primary N) is 1. The number of nitrogens with zero attached hydrogens (tertiary/aromatic N) is 3. The van der Waals surface area contributed by atoms with Crippen LogP contribution in [0.2, 0.25) is 0 Å². The monoisotopic (exact) mass is 285 g/mol. The van der Waals surface area contributed by atoms with E-state index in [-0.39, 0.29) is 11.9 Å². The zero-order valence-corrected chi connectivity index (χ0v) is 11.8. The van der Waals surface area contributed by atoms with Crippen LogP contribution >= 0.6 is 0 Å². The topological polar surface area (TPSA) is 85.8 Å². The molecule has 0 radical (unpaired) electrons. The molecular formula is C15H19N5O. The molecule has 1 aromatic carbocycles. The average Bonchev–Trinajstić information content (AvgIpc) is 2.96. The summed E-state index contributed by atoms with van der Waals surface area (Å²) in [6.45, 7) is 1.04. The van der Waals surface area contributed by atoms with Gasteiger partial charge in [0.05, 0.1) is 12.7 Å². The highest BCUT2D eigenvalue weighted by Gasteiger charge is 2.21. The van der Waals surface area contributed by atoms with Crippen molar-refractivity contribution in [2.45, 2.75) is 31.8 Å². The van der Waals surface area contributed by atoms with E-state index in [0.717, 1.165) is 19.3 Å². The molecule has 1 aromatic heterocycles. The molecule has 1 aliphatic rings. The third-order valence-electron chi connectivity index (χ3n) is 3.81. The van der Waals surface area contributed by atoms with E-state index in [1.54, 1.807) is 10.9 Å². The number of hydrogen-bond donors (Lipinski definition) is 2. The number of aromatic nitrogens is 3. The maximum Gasteiger partial charge on any atom is 0.273 e. The Bertz CT molecular complexity index is 636. The summed E-state index contributed by atoms with van der Waals surface area (Å²) in [5.74, 6) is -0.164. The van der Waals surface area contributed by atoms with E-state index in [0.29, 0.717) is 18.8 Å². The molecule has 0 bridgehead atoms. The fourth-order valence-corrected chi connectivity index (χ4v) is 2.72. The number of aryl methyl sites for hydroxylation is 1. The SMILES string of the molecule is NCCn1cc(C(=O)NC2CCc3ccccc3C2)nn1. The minimum Gasteiger partial charge on any atom is -0.348 e. The summed E-state index contributed by atoms with van der Waals surface area (Å²) in [6, 6.07) is 8.55. The summed E-state index contributed by atoms with van der Waals surface area (Å²) in [7, 11) is 0. The van der Waals surface area contributed by atoms with Crippen LogP contribution in [0.1, 0.15) is 28.0 Å². The molecule has 1 aliphatic carbocycles. The number of hydrogen-bond acceptors (Lipinski definition) is 4. The van der Waals surface area contributed by atoms with Crippen molar-refractivity contribution in [1.29, 1.82) is 0 Å². The van der Waals surface area contributed by atoms with Gasteiger partial charge in [0.25, 0.3) is 5.91 Å². The molecule has 3 rings (SSSR count). The van der Waals surface area contributed by atoms with Crippen molar-refractivity contribution in [2.75, 3.05) is 6.54 Å². The number of amides is 1. The van der Waals surface area contributed by atoms with Crippen LogP contribution in [0, 0.1) is 0 Å². The van der Waals surface area contributed by atoms with Gasteiger partial charge in [0, 0.05) is 12.6 Å². The molecule has 1 unspecified atom stereocenters. The van der Waals surface area contributed by atoms with E-state index in [1.165, 1.54) is 11.1 Å². The predicted molar refractivity (Wildman–Crippen MR) is 78.8 cm³/mol. The van der Waals surface area contributed by atoms with Crippen LogP contribution in [-0.2, 0) is 19.4 Å². The molecule has 0 spiro atoms. The van der Waals surface area contributed by atoms with Crippen LogP contribution in [0.4, 0.5) is 0 Å². The van der Waals surface area contributed by atoms with Crippen molar-refractivity contribution < 1.29 is 4.79 Å². The first-order valence-electron chi connectivity index (χ1n) is 7.24. The Balaban J connectivity index is 1.63. The lowest BCUT2D eigenvalue weighted by Gasteiger charge is -2.25. The smallest absolute Gasteiger partial charge is 0.273 e. The Morgan fingerprint density at radius 2 is 2.19 bits per heavy atom. The van der Waals surface area contributed by atoms with Gasteiger partial charge in [-0.05, 0) is 30.4 Å². The molecule has 0 saturated heterocycles. The fourth-order valence-electron chi connectivity index (χ4n) is 2.72. The Hall–Kier alpha value is -2.21. The summed E-state index contributed by atoms with van der Waals surface area (Å²) in [6.07, 6.45) is 4.47. The lowest BCUT2D eigenvalue weighted by Crippen LogP contribution is -2.39. The van der Waals surface area contributed by atoms with Crippen LogP contribution in [0.15, 0.2) is 30.5 Å². The Morgan fingerprint density at radius 3 is 3.00 bits per heavy atom. The maximum atomic E-state index is 12.2. The zero-order valence-electron chi connectivity index (χ0n) is 11.8. The molecule has 1 heterocycles. The molecule has 6 nitrogen and oxygen atoms in total. The molecule has 1 atom stereocenters. The van der Waals surface area contributed by atoms with Gasteiger partial charge in [-0.2, -0.15) is 0 Å². The normalized spacial score (nSPS) is 17.3. The molecule has 21 heavy (non-hydrogen) atoms. The molecule has 2 aromatic rings. The maximum absolute atomic E-state index is 12.2. The van der Waals surface area contributed by atoms with Crippen molar-refractivity contribution >= 4 is 5.91 Å². The first-order chi connectivity index (χ1) is 10.3. The fraction of sp³-hybridized carbons (Fsp3) is 0.400. The number of rotatable bonds is 4. The van der Waals surface area contributed by atoms with E-state index in [2.05, 4.69) is 33.8 Å². The van der Waals surface area contributed by atoms with E-state index >= 15 is 0 Å². The van der Waals surface area contributed by atoms with Gasteiger partial charge in [0.1, 0.15) is 0 Å². The zero-order chi connectivity index (χ0) is 14.7. The molecule has 0 fully saturated rings. The van der Waals surface area contributed by atoms with E-state index < -0.39 is 0 Å². The second-order valence-electron chi connectivity index (χ2n) is 5.34. The highest BCUT2D eigenvalue weighted by Crippen LogP contribution is 2.21. The van der Waals surface area contributed by atoms with Crippen molar-refractivity contribution in [2.24, 2.45) is 5.73 Å². The standard InChI is InChI=1S/C15H19N5O/c16-7-8-20-10-14(18-19-20)15(21)17-13-6-5-11-3-1-2-4-12(11)9-13/h1-4,10,13H,5-9,16H2,(H,17,21). The summed E-state index contributed by atoms with van der Waals surface area (Å²) in [5, 5.41) is 10.8. The summed E-state index contributed by atoms with van der Waals surface area (Å²) >= 11 is 0. The summed E-state index contributed by atoms with van der Waals surface area (Å²) < 4.78 is 1.59. The number of nitrogens with one attached hydrogen (secondary N) is 1.